The van der Waals surface area contributed by atoms with Crippen molar-refractivity contribution in [3.05, 3.63) is 21.3 Å². The van der Waals surface area contributed by atoms with E-state index in [0.29, 0.717) is 4.34 Å². The quantitative estimate of drug-likeness (QED) is 0.468. The molecule has 1 aromatic heterocycles. The molecule has 3 nitrogen and oxygen atoms in total. The van der Waals surface area contributed by atoms with Crippen LogP contribution in [0.5, 0.6) is 0 Å². The summed E-state index contributed by atoms with van der Waals surface area (Å²) < 4.78 is 0.689. The van der Waals surface area contributed by atoms with Gasteiger partial charge in [0.05, 0.1) is 10.3 Å². The van der Waals surface area contributed by atoms with Crippen molar-refractivity contribution in [1.29, 1.82) is 0 Å². The predicted octanol–water partition coefficient (Wildman–Crippen LogP) is 1.84. The van der Waals surface area contributed by atoms with E-state index < -0.39 is 0 Å². The van der Waals surface area contributed by atoms with Crippen LogP contribution in [0.4, 0.5) is 0 Å². The van der Waals surface area contributed by atoms with Gasteiger partial charge >= 0.3 is 0 Å². The fourth-order valence-corrected chi connectivity index (χ4v) is 2.09. The van der Waals surface area contributed by atoms with Crippen molar-refractivity contribution < 1.29 is 4.79 Å². The normalized spacial score (nSPS) is 12.6. The van der Waals surface area contributed by atoms with Gasteiger partial charge in [-0.3, -0.25) is 9.80 Å². The van der Waals surface area contributed by atoms with Gasteiger partial charge in [-0.2, -0.15) is 0 Å². The van der Waals surface area contributed by atoms with Gasteiger partial charge in [0.25, 0.3) is 0 Å². The molecule has 0 aromatic carbocycles. The molecule has 0 bridgehead atoms. The van der Waals surface area contributed by atoms with Crippen molar-refractivity contribution in [2.75, 3.05) is 7.05 Å². The minimum Gasteiger partial charge on any atom is -0.283 e. The Morgan fingerprint density at radius 1 is 1.69 bits per heavy atom. The van der Waals surface area contributed by atoms with Crippen LogP contribution >= 0.6 is 22.9 Å². The first-order valence-corrected chi connectivity index (χ1v) is 4.99. The number of halogens is 1. The zero-order valence-electron chi connectivity index (χ0n) is 7.45. The Morgan fingerprint density at radius 3 is 2.69 bits per heavy atom. The molecular formula is C8H11ClN2OS. The highest BCUT2D eigenvalue weighted by Crippen LogP contribution is 2.28. The minimum absolute atomic E-state index is 0.112. The second-order valence-electron chi connectivity index (χ2n) is 2.81. The molecule has 1 rings (SSSR count). The van der Waals surface area contributed by atoms with E-state index in [1.165, 1.54) is 18.4 Å². The molecule has 0 aliphatic heterocycles. The van der Waals surface area contributed by atoms with E-state index in [4.69, 9.17) is 17.4 Å². The number of hydrazine groups is 1. The molecule has 1 heterocycles. The monoisotopic (exact) mass is 218 g/mol. The van der Waals surface area contributed by atoms with E-state index in [1.54, 1.807) is 6.07 Å². The summed E-state index contributed by atoms with van der Waals surface area (Å²) in [7, 11) is 1.54. The second kappa shape index (κ2) is 4.09. The lowest BCUT2D eigenvalue weighted by Gasteiger charge is -2.14. The highest BCUT2D eigenvalue weighted by atomic mass is 35.5. The lowest BCUT2D eigenvalue weighted by molar-refractivity contribution is -0.131. The van der Waals surface area contributed by atoms with Crippen LogP contribution in [0.25, 0.3) is 0 Å². The molecule has 0 saturated carbocycles. The summed E-state index contributed by atoms with van der Waals surface area (Å²) >= 11 is 7.16. The van der Waals surface area contributed by atoms with Crippen LogP contribution in [-0.4, -0.2) is 18.0 Å². The zero-order chi connectivity index (χ0) is 10.0. The van der Waals surface area contributed by atoms with Crippen molar-refractivity contribution >= 4 is 28.8 Å². The van der Waals surface area contributed by atoms with Gasteiger partial charge in [0, 0.05) is 11.9 Å². The van der Waals surface area contributed by atoms with Gasteiger partial charge in [-0.25, -0.2) is 5.84 Å². The largest absolute Gasteiger partial charge is 0.283 e. The molecule has 0 radical (unpaired) electrons. The Balaban J connectivity index is 2.79. The molecule has 13 heavy (non-hydrogen) atoms. The van der Waals surface area contributed by atoms with Crippen LogP contribution in [0.15, 0.2) is 12.1 Å². The van der Waals surface area contributed by atoms with E-state index in [-0.39, 0.29) is 11.8 Å². The first-order valence-electron chi connectivity index (χ1n) is 3.80. The Kier molecular flexibility index (Phi) is 3.30. The number of carbonyl (C=O) groups excluding carboxylic acids is 1. The van der Waals surface area contributed by atoms with Gasteiger partial charge in [-0.05, 0) is 19.1 Å². The number of carbonyl (C=O) groups is 1. The first-order chi connectivity index (χ1) is 6.02. The van der Waals surface area contributed by atoms with Gasteiger partial charge in [0.15, 0.2) is 0 Å². The average Bonchev–Trinajstić information content (AvgIpc) is 2.49. The van der Waals surface area contributed by atoms with Crippen LogP contribution in [-0.2, 0) is 4.79 Å². The molecule has 1 aromatic rings. The molecule has 0 aliphatic rings. The Labute approximate surface area is 86.1 Å². The number of likely N-dealkylation sites (N-methyl/N-ethyl adjacent to an activating group) is 1. The van der Waals surface area contributed by atoms with Crippen LogP contribution < -0.4 is 5.84 Å². The van der Waals surface area contributed by atoms with Crippen LogP contribution in [0.1, 0.15) is 17.7 Å². The number of nitrogens with two attached hydrogens (primary N) is 1. The number of nitrogens with zero attached hydrogens (tertiary/aromatic N) is 1. The number of rotatable bonds is 2. The summed E-state index contributed by atoms with van der Waals surface area (Å²) in [4.78, 5) is 12.4. The molecule has 1 amide bonds. The van der Waals surface area contributed by atoms with Crippen molar-refractivity contribution in [3.63, 3.8) is 0 Å². The van der Waals surface area contributed by atoms with Gasteiger partial charge in [-0.1, -0.05) is 11.6 Å². The van der Waals surface area contributed by atoms with Crippen LogP contribution in [0.2, 0.25) is 4.34 Å². The van der Waals surface area contributed by atoms with Gasteiger partial charge < -0.3 is 0 Å². The highest BCUT2D eigenvalue weighted by Gasteiger charge is 2.18. The fourth-order valence-electron chi connectivity index (χ4n) is 0.988. The maximum Gasteiger partial charge on any atom is 0.244 e. The Bertz CT molecular complexity index is 311. The number of hydrogen-bond acceptors (Lipinski definition) is 3. The van der Waals surface area contributed by atoms with E-state index in [2.05, 4.69) is 0 Å². The van der Waals surface area contributed by atoms with E-state index in [9.17, 15) is 4.79 Å². The van der Waals surface area contributed by atoms with Gasteiger partial charge in [0.1, 0.15) is 0 Å². The van der Waals surface area contributed by atoms with E-state index in [0.717, 1.165) is 9.89 Å². The van der Waals surface area contributed by atoms with Crippen LogP contribution in [0.3, 0.4) is 0 Å². The Morgan fingerprint density at radius 2 is 2.31 bits per heavy atom. The van der Waals surface area contributed by atoms with Crippen molar-refractivity contribution in [1.82, 2.24) is 5.01 Å². The summed E-state index contributed by atoms with van der Waals surface area (Å²) in [6, 6.07) is 3.63. The van der Waals surface area contributed by atoms with Crippen molar-refractivity contribution in [2.45, 2.75) is 12.8 Å². The minimum atomic E-state index is -0.215. The standard InChI is InChI=1S/C8H11ClN2OS/c1-5(8(12)11(2)10)6-3-4-7(9)13-6/h3-5H,10H2,1-2H3. The molecule has 0 fully saturated rings. The van der Waals surface area contributed by atoms with Crippen molar-refractivity contribution in [3.8, 4) is 0 Å². The third-order valence-electron chi connectivity index (χ3n) is 1.74. The third kappa shape index (κ3) is 2.43. The lowest BCUT2D eigenvalue weighted by atomic mass is 10.1. The van der Waals surface area contributed by atoms with E-state index in [1.807, 2.05) is 13.0 Å². The topological polar surface area (TPSA) is 46.3 Å². The number of hydrogen-bond donors (Lipinski definition) is 1. The van der Waals surface area contributed by atoms with Gasteiger partial charge in [-0.15, -0.1) is 11.3 Å². The zero-order valence-corrected chi connectivity index (χ0v) is 9.02. The molecule has 2 N–H and O–H groups in total. The van der Waals surface area contributed by atoms with Crippen LogP contribution in [0, 0.1) is 0 Å². The highest BCUT2D eigenvalue weighted by molar-refractivity contribution is 7.16. The average molecular weight is 219 g/mol. The smallest absolute Gasteiger partial charge is 0.244 e. The lowest BCUT2D eigenvalue weighted by Crippen LogP contribution is -2.35. The molecule has 0 spiro atoms. The number of thiophene rings is 1. The van der Waals surface area contributed by atoms with E-state index >= 15 is 0 Å². The first kappa shape index (κ1) is 10.5. The van der Waals surface area contributed by atoms with Gasteiger partial charge in [0.2, 0.25) is 5.91 Å². The molecular weight excluding hydrogens is 208 g/mol. The molecule has 0 saturated heterocycles. The molecule has 0 aliphatic carbocycles. The summed E-state index contributed by atoms with van der Waals surface area (Å²) in [5.41, 5.74) is 0. The second-order valence-corrected chi connectivity index (χ2v) is 4.56. The fraction of sp³-hybridized carbons (Fsp3) is 0.375. The van der Waals surface area contributed by atoms with Crippen molar-refractivity contribution in [2.24, 2.45) is 5.84 Å². The third-order valence-corrected chi connectivity index (χ3v) is 3.15. The molecule has 5 heteroatoms. The Hall–Kier alpha value is -0.580. The summed E-state index contributed by atoms with van der Waals surface area (Å²) in [5.74, 6) is 5.01. The summed E-state index contributed by atoms with van der Waals surface area (Å²) in [6.07, 6.45) is 0. The predicted molar refractivity (Wildman–Crippen MR) is 54.7 cm³/mol. The maximum atomic E-state index is 11.4. The summed E-state index contributed by atoms with van der Waals surface area (Å²) in [5, 5.41) is 1.10. The molecule has 1 unspecified atom stereocenters. The molecule has 1 atom stereocenters. The number of amides is 1. The summed E-state index contributed by atoms with van der Waals surface area (Å²) in [6.45, 7) is 1.81. The SMILES string of the molecule is CC(C(=O)N(C)N)c1ccc(Cl)s1. The molecule has 72 valence electrons. The maximum absolute atomic E-state index is 11.4.